The molecular formula is C12H11F3N6O. The van der Waals surface area contributed by atoms with Crippen molar-refractivity contribution in [2.45, 2.75) is 12.9 Å². The molecule has 0 unspecified atom stereocenters. The van der Waals surface area contributed by atoms with Gasteiger partial charge in [0.05, 0.1) is 17.5 Å². The minimum absolute atomic E-state index is 0.0937. The van der Waals surface area contributed by atoms with Crippen LogP contribution in [0.15, 0.2) is 24.8 Å². The third-order valence-corrected chi connectivity index (χ3v) is 3.02. The molecule has 0 saturated heterocycles. The van der Waals surface area contributed by atoms with Gasteiger partial charge < -0.3 is 10.5 Å². The van der Waals surface area contributed by atoms with Crippen LogP contribution >= 0.6 is 0 Å². The number of nitrogens with two attached hydrogens (primary N) is 1. The van der Waals surface area contributed by atoms with E-state index in [-0.39, 0.29) is 29.5 Å². The zero-order chi connectivity index (χ0) is 15.9. The molecule has 3 aromatic rings. The SMILES string of the molecule is COCn1cc(-c2cnc3c(N)nccn23)c(C(F)(F)F)n1. The van der Waals surface area contributed by atoms with Crippen molar-refractivity contribution < 1.29 is 17.9 Å². The van der Waals surface area contributed by atoms with E-state index in [1.807, 2.05) is 0 Å². The molecular weight excluding hydrogens is 301 g/mol. The van der Waals surface area contributed by atoms with Gasteiger partial charge in [-0.15, -0.1) is 0 Å². The van der Waals surface area contributed by atoms with Crippen molar-refractivity contribution in [1.82, 2.24) is 24.1 Å². The number of hydrogen-bond donors (Lipinski definition) is 1. The van der Waals surface area contributed by atoms with E-state index in [1.54, 1.807) is 0 Å². The summed E-state index contributed by atoms with van der Waals surface area (Å²) in [6.45, 7) is -0.0937. The summed E-state index contributed by atoms with van der Waals surface area (Å²) < 4.78 is 46.9. The second kappa shape index (κ2) is 4.98. The predicted molar refractivity (Wildman–Crippen MR) is 70.6 cm³/mol. The summed E-state index contributed by atoms with van der Waals surface area (Å²) in [5.41, 5.74) is 5.05. The summed E-state index contributed by atoms with van der Waals surface area (Å²) in [4.78, 5) is 7.86. The van der Waals surface area contributed by atoms with Crippen molar-refractivity contribution in [1.29, 1.82) is 0 Å². The number of imidazole rings is 1. The van der Waals surface area contributed by atoms with Gasteiger partial charge in [0.2, 0.25) is 0 Å². The van der Waals surface area contributed by atoms with Gasteiger partial charge in [-0.1, -0.05) is 0 Å². The summed E-state index contributed by atoms with van der Waals surface area (Å²) >= 11 is 0. The van der Waals surface area contributed by atoms with Crippen LogP contribution in [-0.2, 0) is 17.6 Å². The first-order valence-corrected chi connectivity index (χ1v) is 6.13. The molecule has 0 aromatic carbocycles. The lowest BCUT2D eigenvalue weighted by Gasteiger charge is -2.06. The predicted octanol–water partition coefficient (Wildman–Crippen LogP) is 1.80. The highest BCUT2D eigenvalue weighted by Crippen LogP contribution is 2.36. The minimum atomic E-state index is -4.60. The summed E-state index contributed by atoms with van der Waals surface area (Å²) in [6.07, 6.45) is 0.836. The fourth-order valence-electron chi connectivity index (χ4n) is 2.16. The standard InChI is InChI=1S/C12H11F3N6O/c1-22-6-20-5-7(9(19-20)12(13,14)15)8-4-18-11-10(16)17-2-3-21(8)11/h2-5H,6H2,1H3,(H2,16,17). The highest BCUT2D eigenvalue weighted by Gasteiger charge is 2.38. The van der Waals surface area contributed by atoms with E-state index in [2.05, 4.69) is 15.1 Å². The lowest BCUT2D eigenvalue weighted by atomic mass is 10.2. The molecule has 0 bridgehead atoms. The van der Waals surface area contributed by atoms with Crippen LogP contribution in [-0.4, -0.2) is 31.3 Å². The lowest BCUT2D eigenvalue weighted by molar-refractivity contribution is -0.141. The van der Waals surface area contributed by atoms with Gasteiger partial charge in [0.15, 0.2) is 17.2 Å². The van der Waals surface area contributed by atoms with Crippen LogP contribution in [0.1, 0.15) is 5.69 Å². The van der Waals surface area contributed by atoms with Crippen LogP contribution in [0.4, 0.5) is 19.0 Å². The number of rotatable bonds is 3. The largest absolute Gasteiger partial charge is 0.435 e. The molecule has 2 N–H and O–H groups in total. The molecule has 0 aliphatic rings. The summed E-state index contributed by atoms with van der Waals surface area (Å²) in [7, 11) is 1.37. The molecule has 0 fully saturated rings. The monoisotopic (exact) mass is 312 g/mol. The zero-order valence-electron chi connectivity index (χ0n) is 11.4. The van der Waals surface area contributed by atoms with Crippen LogP contribution in [0.5, 0.6) is 0 Å². The second-order valence-electron chi connectivity index (χ2n) is 4.50. The molecule has 3 heterocycles. The Balaban J connectivity index is 2.23. The molecule has 0 atom stereocenters. The van der Waals surface area contributed by atoms with Crippen molar-refractivity contribution in [3.05, 3.63) is 30.5 Å². The number of fused-ring (bicyclic) bond motifs is 1. The van der Waals surface area contributed by atoms with E-state index < -0.39 is 11.9 Å². The van der Waals surface area contributed by atoms with Gasteiger partial charge in [-0.3, -0.25) is 4.40 Å². The van der Waals surface area contributed by atoms with Crippen molar-refractivity contribution in [3.8, 4) is 11.3 Å². The molecule has 0 aliphatic carbocycles. The Hall–Kier alpha value is -2.62. The highest BCUT2D eigenvalue weighted by molar-refractivity contribution is 5.70. The Morgan fingerprint density at radius 1 is 1.32 bits per heavy atom. The number of hydrogen-bond acceptors (Lipinski definition) is 5. The Bertz CT molecular complexity index is 822. The normalized spacial score (nSPS) is 12.2. The molecule has 10 heteroatoms. The van der Waals surface area contributed by atoms with Crippen LogP contribution in [0, 0.1) is 0 Å². The lowest BCUT2D eigenvalue weighted by Crippen LogP contribution is -2.09. The molecule has 7 nitrogen and oxygen atoms in total. The van der Waals surface area contributed by atoms with Gasteiger partial charge in [0.1, 0.15) is 6.73 Å². The van der Waals surface area contributed by atoms with E-state index in [4.69, 9.17) is 10.5 Å². The average Bonchev–Trinajstić information content (AvgIpc) is 3.03. The number of nitrogens with zero attached hydrogens (tertiary/aromatic N) is 5. The van der Waals surface area contributed by atoms with Crippen molar-refractivity contribution >= 4 is 11.5 Å². The molecule has 3 rings (SSSR count). The Kier molecular flexibility index (Phi) is 3.24. The minimum Gasteiger partial charge on any atom is -0.381 e. The first kappa shape index (κ1) is 14.3. The van der Waals surface area contributed by atoms with Gasteiger partial charge in [0, 0.05) is 25.7 Å². The first-order valence-electron chi connectivity index (χ1n) is 6.13. The van der Waals surface area contributed by atoms with Crippen LogP contribution < -0.4 is 5.73 Å². The maximum atomic E-state index is 13.2. The fraction of sp³-hybridized carbons (Fsp3) is 0.250. The fourth-order valence-corrected chi connectivity index (χ4v) is 2.16. The number of aromatic nitrogens is 5. The molecule has 116 valence electrons. The summed E-state index contributed by atoms with van der Waals surface area (Å²) in [6, 6.07) is 0. The Morgan fingerprint density at radius 2 is 2.09 bits per heavy atom. The maximum absolute atomic E-state index is 13.2. The van der Waals surface area contributed by atoms with Gasteiger partial charge in [-0.25, -0.2) is 14.6 Å². The quantitative estimate of drug-likeness (QED) is 0.797. The Labute approximate surface area is 122 Å². The summed E-state index contributed by atoms with van der Waals surface area (Å²) in [5, 5.41) is 3.54. The van der Waals surface area contributed by atoms with Crippen LogP contribution in [0.3, 0.4) is 0 Å². The van der Waals surface area contributed by atoms with Gasteiger partial charge in [-0.05, 0) is 0 Å². The number of anilines is 1. The van der Waals surface area contributed by atoms with E-state index in [9.17, 15) is 13.2 Å². The van der Waals surface area contributed by atoms with Gasteiger partial charge in [-0.2, -0.15) is 18.3 Å². The molecule has 0 amide bonds. The summed E-state index contributed by atoms with van der Waals surface area (Å²) in [5.74, 6) is 0.131. The molecule has 0 saturated carbocycles. The van der Waals surface area contributed by atoms with Gasteiger partial charge in [0.25, 0.3) is 0 Å². The number of ether oxygens (including phenoxy) is 1. The first-order chi connectivity index (χ1) is 10.4. The Morgan fingerprint density at radius 3 is 2.77 bits per heavy atom. The molecule has 0 spiro atoms. The van der Waals surface area contributed by atoms with E-state index >= 15 is 0 Å². The number of methoxy groups -OCH3 is 1. The zero-order valence-corrected chi connectivity index (χ0v) is 11.4. The van der Waals surface area contributed by atoms with Crippen molar-refractivity contribution in [3.63, 3.8) is 0 Å². The number of halogens is 3. The van der Waals surface area contributed by atoms with Crippen LogP contribution in [0.25, 0.3) is 16.9 Å². The molecule has 0 aliphatic heterocycles. The van der Waals surface area contributed by atoms with E-state index in [1.165, 1.54) is 36.3 Å². The average molecular weight is 312 g/mol. The molecule has 3 aromatic heterocycles. The smallest absolute Gasteiger partial charge is 0.381 e. The molecule has 0 radical (unpaired) electrons. The van der Waals surface area contributed by atoms with E-state index in [0.29, 0.717) is 0 Å². The highest BCUT2D eigenvalue weighted by atomic mass is 19.4. The topological polar surface area (TPSA) is 83.3 Å². The third-order valence-electron chi connectivity index (χ3n) is 3.02. The van der Waals surface area contributed by atoms with Crippen molar-refractivity contribution in [2.75, 3.05) is 12.8 Å². The van der Waals surface area contributed by atoms with Gasteiger partial charge >= 0.3 is 6.18 Å². The third kappa shape index (κ3) is 2.26. The number of nitrogen functional groups attached to an aromatic ring is 1. The number of alkyl halides is 3. The maximum Gasteiger partial charge on any atom is 0.435 e. The second-order valence-corrected chi connectivity index (χ2v) is 4.50. The molecule has 22 heavy (non-hydrogen) atoms. The van der Waals surface area contributed by atoms with Crippen LogP contribution in [0.2, 0.25) is 0 Å². The van der Waals surface area contributed by atoms with E-state index in [0.717, 1.165) is 4.68 Å². The van der Waals surface area contributed by atoms with Crippen molar-refractivity contribution in [2.24, 2.45) is 0 Å².